The second kappa shape index (κ2) is 4.80. The number of hydrogen-bond donors (Lipinski definition) is 0. The molecule has 0 heterocycles. The Morgan fingerprint density at radius 1 is 1.36 bits per heavy atom. The fraction of sp³-hybridized carbons (Fsp3) is 0.417. The molecule has 0 unspecified atom stereocenters. The highest BCUT2D eigenvalue weighted by Crippen LogP contribution is 2.18. The van der Waals surface area contributed by atoms with Crippen LogP contribution in [0, 0.1) is 6.92 Å². The molecule has 0 aliphatic carbocycles. The van der Waals surface area contributed by atoms with E-state index in [1.807, 2.05) is 45.2 Å². The monoisotopic (exact) mass is 191 g/mol. The molecule has 0 spiro atoms. The second-order valence-corrected chi connectivity index (χ2v) is 3.49. The molecule has 14 heavy (non-hydrogen) atoms. The van der Waals surface area contributed by atoms with Gasteiger partial charge in [-0.05, 0) is 25.0 Å². The van der Waals surface area contributed by atoms with Crippen LogP contribution in [0.5, 0.6) is 0 Å². The van der Waals surface area contributed by atoms with E-state index in [2.05, 4.69) is 0 Å². The molecule has 0 aliphatic rings. The van der Waals surface area contributed by atoms with Crippen molar-refractivity contribution in [3.05, 3.63) is 29.8 Å². The van der Waals surface area contributed by atoms with E-state index in [9.17, 15) is 4.79 Å². The van der Waals surface area contributed by atoms with E-state index in [1.165, 1.54) is 0 Å². The van der Waals surface area contributed by atoms with Gasteiger partial charge in [-0.1, -0.05) is 25.1 Å². The number of anilines is 1. The fourth-order valence-electron chi connectivity index (χ4n) is 1.46. The molecule has 2 heteroatoms. The van der Waals surface area contributed by atoms with E-state index >= 15 is 0 Å². The number of carbonyl (C=O) groups is 1. The molecule has 2 nitrogen and oxygen atoms in total. The quantitative estimate of drug-likeness (QED) is 0.719. The van der Waals surface area contributed by atoms with Crippen LogP contribution in [0.25, 0.3) is 0 Å². The molecule has 0 aliphatic heterocycles. The van der Waals surface area contributed by atoms with E-state index in [0.717, 1.165) is 17.7 Å². The normalized spacial score (nSPS) is 9.93. The number of hydrogen-bond acceptors (Lipinski definition) is 1. The molecule has 1 amide bonds. The molecule has 1 rings (SSSR count). The topological polar surface area (TPSA) is 20.3 Å². The Hall–Kier alpha value is -1.31. The first kappa shape index (κ1) is 10.8. The summed E-state index contributed by atoms with van der Waals surface area (Å²) in [5, 5.41) is 0. The van der Waals surface area contributed by atoms with Crippen LogP contribution in [0.3, 0.4) is 0 Å². The Morgan fingerprint density at radius 2 is 2.00 bits per heavy atom. The number of benzene rings is 1. The third-order valence-electron chi connectivity index (χ3n) is 2.31. The lowest BCUT2D eigenvalue weighted by atomic mass is 10.2. The predicted octanol–water partition coefficient (Wildman–Crippen LogP) is 2.76. The highest BCUT2D eigenvalue weighted by molar-refractivity contribution is 5.93. The first-order valence-electron chi connectivity index (χ1n) is 4.99. The van der Waals surface area contributed by atoms with E-state index in [1.54, 1.807) is 4.90 Å². The summed E-state index contributed by atoms with van der Waals surface area (Å²) in [7, 11) is 1.83. The lowest BCUT2D eigenvalue weighted by Gasteiger charge is -2.19. The summed E-state index contributed by atoms with van der Waals surface area (Å²) in [6, 6.07) is 7.93. The van der Waals surface area contributed by atoms with Crippen molar-refractivity contribution in [1.82, 2.24) is 0 Å². The Balaban J connectivity index is 2.84. The number of amides is 1. The highest BCUT2D eigenvalue weighted by Gasteiger charge is 2.10. The van der Waals surface area contributed by atoms with Crippen molar-refractivity contribution >= 4 is 11.6 Å². The van der Waals surface area contributed by atoms with Crippen molar-refractivity contribution in [3.8, 4) is 0 Å². The van der Waals surface area contributed by atoms with E-state index in [-0.39, 0.29) is 5.91 Å². The summed E-state index contributed by atoms with van der Waals surface area (Å²) in [6.07, 6.45) is 1.51. The zero-order chi connectivity index (χ0) is 10.6. The highest BCUT2D eigenvalue weighted by atomic mass is 16.2. The summed E-state index contributed by atoms with van der Waals surface area (Å²) in [6.45, 7) is 4.04. The number of nitrogens with zero attached hydrogens (tertiary/aromatic N) is 1. The maximum Gasteiger partial charge on any atom is 0.226 e. The van der Waals surface area contributed by atoms with E-state index in [4.69, 9.17) is 0 Å². The molecule has 0 bridgehead atoms. The zero-order valence-corrected chi connectivity index (χ0v) is 9.08. The molecule has 0 N–H and O–H groups in total. The largest absolute Gasteiger partial charge is 0.315 e. The van der Waals surface area contributed by atoms with Crippen LogP contribution in [-0.4, -0.2) is 13.0 Å². The molecule has 0 radical (unpaired) electrons. The van der Waals surface area contributed by atoms with Gasteiger partial charge in [-0.15, -0.1) is 0 Å². The lowest BCUT2D eigenvalue weighted by molar-refractivity contribution is -0.118. The van der Waals surface area contributed by atoms with Crippen LogP contribution in [0.1, 0.15) is 25.3 Å². The maximum absolute atomic E-state index is 11.6. The van der Waals surface area contributed by atoms with Gasteiger partial charge in [-0.25, -0.2) is 0 Å². The van der Waals surface area contributed by atoms with Gasteiger partial charge in [-0.3, -0.25) is 4.79 Å². The minimum Gasteiger partial charge on any atom is -0.315 e. The van der Waals surface area contributed by atoms with Gasteiger partial charge in [0.25, 0.3) is 0 Å². The standard InChI is InChI=1S/C12H17NO/c1-4-7-12(14)13(3)11-9-6-5-8-10(11)2/h5-6,8-9H,4,7H2,1-3H3. The minimum atomic E-state index is 0.182. The maximum atomic E-state index is 11.6. The molecular formula is C12H17NO. The number of rotatable bonds is 3. The second-order valence-electron chi connectivity index (χ2n) is 3.49. The Kier molecular flexibility index (Phi) is 3.69. The van der Waals surface area contributed by atoms with E-state index < -0.39 is 0 Å². The average molecular weight is 191 g/mol. The molecule has 0 aromatic heterocycles. The SMILES string of the molecule is CCCC(=O)N(C)c1ccccc1C. The zero-order valence-electron chi connectivity index (χ0n) is 9.08. The van der Waals surface area contributed by atoms with Crippen molar-refractivity contribution < 1.29 is 4.79 Å². The predicted molar refractivity (Wildman–Crippen MR) is 59.5 cm³/mol. The number of aryl methyl sites for hydroxylation is 1. The summed E-state index contributed by atoms with van der Waals surface area (Å²) < 4.78 is 0. The van der Waals surface area contributed by atoms with Crippen LogP contribution < -0.4 is 4.90 Å². The van der Waals surface area contributed by atoms with Gasteiger partial charge in [0.15, 0.2) is 0 Å². The minimum absolute atomic E-state index is 0.182. The summed E-state index contributed by atoms with van der Waals surface area (Å²) in [4.78, 5) is 13.4. The van der Waals surface area contributed by atoms with Crippen molar-refractivity contribution in [1.29, 1.82) is 0 Å². The number of para-hydroxylation sites is 1. The van der Waals surface area contributed by atoms with Gasteiger partial charge in [-0.2, -0.15) is 0 Å². The van der Waals surface area contributed by atoms with Gasteiger partial charge in [0, 0.05) is 19.2 Å². The van der Waals surface area contributed by atoms with Gasteiger partial charge in [0.05, 0.1) is 0 Å². The van der Waals surface area contributed by atoms with Crippen molar-refractivity contribution in [2.45, 2.75) is 26.7 Å². The third kappa shape index (κ3) is 2.34. The number of carbonyl (C=O) groups excluding carboxylic acids is 1. The molecule has 76 valence electrons. The molecule has 1 aromatic carbocycles. The Labute approximate surface area is 85.5 Å². The first-order chi connectivity index (χ1) is 6.66. The molecule has 0 fully saturated rings. The van der Waals surface area contributed by atoms with Gasteiger partial charge < -0.3 is 4.90 Å². The summed E-state index contributed by atoms with van der Waals surface area (Å²) in [5.74, 6) is 0.182. The van der Waals surface area contributed by atoms with E-state index in [0.29, 0.717) is 6.42 Å². The van der Waals surface area contributed by atoms with Crippen molar-refractivity contribution in [2.24, 2.45) is 0 Å². The van der Waals surface area contributed by atoms with Crippen LogP contribution in [-0.2, 0) is 4.79 Å². The first-order valence-corrected chi connectivity index (χ1v) is 4.99. The molecule has 0 atom stereocenters. The average Bonchev–Trinajstić information content (AvgIpc) is 2.18. The van der Waals surface area contributed by atoms with Crippen LogP contribution in [0.2, 0.25) is 0 Å². The van der Waals surface area contributed by atoms with Gasteiger partial charge in [0.1, 0.15) is 0 Å². The summed E-state index contributed by atoms with van der Waals surface area (Å²) in [5.41, 5.74) is 2.14. The van der Waals surface area contributed by atoms with Crippen LogP contribution in [0.4, 0.5) is 5.69 Å². The fourth-order valence-corrected chi connectivity index (χ4v) is 1.46. The third-order valence-corrected chi connectivity index (χ3v) is 2.31. The van der Waals surface area contributed by atoms with Crippen LogP contribution >= 0.6 is 0 Å². The van der Waals surface area contributed by atoms with Gasteiger partial charge >= 0.3 is 0 Å². The van der Waals surface area contributed by atoms with Crippen LogP contribution in [0.15, 0.2) is 24.3 Å². The Bertz CT molecular complexity index is 320. The van der Waals surface area contributed by atoms with Gasteiger partial charge in [0.2, 0.25) is 5.91 Å². The molecule has 0 saturated heterocycles. The summed E-state index contributed by atoms with van der Waals surface area (Å²) >= 11 is 0. The smallest absolute Gasteiger partial charge is 0.226 e. The van der Waals surface area contributed by atoms with Crippen molar-refractivity contribution in [2.75, 3.05) is 11.9 Å². The molecule has 0 saturated carbocycles. The lowest BCUT2D eigenvalue weighted by Crippen LogP contribution is -2.26. The molecular weight excluding hydrogens is 174 g/mol. The Morgan fingerprint density at radius 3 is 2.57 bits per heavy atom. The molecule has 1 aromatic rings. The van der Waals surface area contributed by atoms with Crippen molar-refractivity contribution in [3.63, 3.8) is 0 Å².